The molecule has 0 spiro atoms. The lowest BCUT2D eigenvalue weighted by Gasteiger charge is -2.33. The van der Waals surface area contributed by atoms with Gasteiger partial charge in [-0.1, -0.05) is 28.9 Å². The highest BCUT2D eigenvalue weighted by molar-refractivity contribution is 7.89. The number of alkyl halides is 3. The molecule has 0 aliphatic carbocycles. The quantitative estimate of drug-likeness (QED) is 0.544. The Hall–Kier alpha value is -2.47. The van der Waals surface area contributed by atoms with E-state index in [0.29, 0.717) is 36.4 Å². The molecule has 1 aromatic heterocycles. The summed E-state index contributed by atoms with van der Waals surface area (Å²) < 4.78 is 71.9. The summed E-state index contributed by atoms with van der Waals surface area (Å²) in [4.78, 5) is 5.51. The fourth-order valence-electron chi connectivity index (χ4n) is 3.42. The zero-order valence-corrected chi connectivity index (χ0v) is 18.2. The molecule has 170 valence electrons. The van der Waals surface area contributed by atoms with Crippen LogP contribution in [0.3, 0.4) is 0 Å². The number of piperazine rings is 1. The van der Waals surface area contributed by atoms with Crippen LogP contribution in [0, 0.1) is 0 Å². The number of benzene rings is 2. The van der Waals surface area contributed by atoms with E-state index >= 15 is 0 Å². The van der Waals surface area contributed by atoms with Gasteiger partial charge >= 0.3 is 6.18 Å². The van der Waals surface area contributed by atoms with Gasteiger partial charge in [0.05, 0.1) is 17.0 Å². The van der Waals surface area contributed by atoms with Crippen molar-refractivity contribution in [3.05, 3.63) is 65.0 Å². The molecular formula is C20H18ClF3N4O3S. The second kappa shape index (κ2) is 8.81. The first-order valence-corrected chi connectivity index (χ1v) is 11.4. The van der Waals surface area contributed by atoms with Crippen LogP contribution in [0.25, 0.3) is 11.4 Å². The summed E-state index contributed by atoms with van der Waals surface area (Å²) in [6, 6.07) is 11.2. The zero-order valence-electron chi connectivity index (χ0n) is 16.6. The van der Waals surface area contributed by atoms with Crippen molar-refractivity contribution in [2.24, 2.45) is 0 Å². The molecule has 0 radical (unpaired) electrons. The summed E-state index contributed by atoms with van der Waals surface area (Å²) in [6.07, 6.45) is -4.76. The van der Waals surface area contributed by atoms with Crippen molar-refractivity contribution >= 4 is 21.6 Å². The fourth-order valence-corrected chi connectivity index (χ4v) is 5.18. The predicted molar refractivity (Wildman–Crippen MR) is 110 cm³/mol. The van der Waals surface area contributed by atoms with Gasteiger partial charge < -0.3 is 4.52 Å². The molecule has 0 unspecified atom stereocenters. The van der Waals surface area contributed by atoms with E-state index in [-0.39, 0.29) is 13.1 Å². The van der Waals surface area contributed by atoms with E-state index in [1.807, 2.05) is 4.90 Å². The first-order valence-electron chi connectivity index (χ1n) is 9.62. The fraction of sp³-hybridized carbons (Fsp3) is 0.300. The van der Waals surface area contributed by atoms with Crippen molar-refractivity contribution in [1.82, 2.24) is 19.3 Å². The molecule has 7 nitrogen and oxygen atoms in total. The van der Waals surface area contributed by atoms with Gasteiger partial charge in [-0.15, -0.1) is 0 Å². The third kappa shape index (κ3) is 4.80. The van der Waals surface area contributed by atoms with Gasteiger partial charge in [-0.2, -0.15) is 22.5 Å². The topological polar surface area (TPSA) is 79.5 Å². The van der Waals surface area contributed by atoms with E-state index in [4.69, 9.17) is 16.1 Å². The standard InChI is InChI=1S/C20H18ClF3N4O3S/c21-15-7-5-14(6-8-15)19-25-18(31-26-19)13-27-9-11-28(12-10-27)32(29,30)17-4-2-1-3-16(17)20(22,23)24/h1-8H,9-13H2. The monoisotopic (exact) mass is 486 g/mol. The third-order valence-electron chi connectivity index (χ3n) is 5.07. The van der Waals surface area contributed by atoms with Gasteiger partial charge in [0, 0.05) is 36.8 Å². The molecule has 0 bridgehead atoms. The van der Waals surface area contributed by atoms with Crippen LogP contribution in [0.4, 0.5) is 13.2 Å². The summed E-state index contributed by atoms with van der Waals surface area (Å²) in [5, 5.41) is 4.53. The van der Waals surface area contributed by atoms with Crippen molar-refractivity contribution in [3.63, 3.8) is 0 Å². The Morgan fingerprint density at radius 1 is 1.00 bits per heavy atom. The highest BCUT2D eigenvalue weighted by atomic mass is 35.5. The van der Waals surface area contributed by atoms with Gasteiger partial charge in [0.15, 0.2) is 0 Å². The van der Waals surface area contributed by atoms with E-state index in [0.717, 1.165) is 22.0 Å². The maximum atomic E-state index is 13.3. The van der Waals surface area contributed by atoms with Crippen LogP contribution >= 0.6 is 11.6 Å². The molecule has 1 saturated heterocycles. The van der Waals surface area contributed by atoms with Gasteiger partial charge in [-0.3, -0.25) is 4.90 Å². The molecule has 0 amide bonds. The molecular weight excluding hydrogens is 469 g/mol. The van der Waals surface area contributed by atoms with Crippen molar-refractivity contribution in [1.29, 1.82) is 0 Å². The van der Waals surface area contributed by atoms with E-state index in [2.05, 4.69) is 10.1 Å². The zero-order chi connectivity index (χ0) is 22.9. The molecule has 2 heterocycles. The number of hydrogen-bond acceptors (Lipinski definition) is 6. The van der Waals surface area contributed by atoms with Crippen LogP contribution < -0.4 is 0 Å². The second-order valence-electron chi connectivity index (χ2n) is 7.19. The molecule has 0 atom stereocenters. The molecule has 4 rings (SSSR count). The van der Waals surface area contributed by atoms with Gasteiger partial charge in [0.1, 0.15) is 0 Å². The summed E-state index contributed by atoms with van der Waals surface area (Å²) in [5.41, 5.74) is -0.424. The molecule has 32 heavy (non-hydrogen) atoms. The van der Waals surface area contributed by atoms with Gasteiger partial charge in [-0.25, -0.2) is 8.42 Å². The van der Waals surface area contributed by atoms with Crippen molar-refractivity contribution in [3.8, 4) is 11.4 Å². The number of sulfonamides is 1. The lowest BCUT2D eigenvalue weighted by atomic mass is 10.2. The Bertz CT molecular complexity index is 1190. The van der Waals surface area contributed by atoms with Crippen LogP contribution in [-0.2, 0) is 22.7 Å². The average molecular weight is 487 g/mol. The minimum Gasteiger partial charge on any atom is -0.338 e. The number of rotatable bonds is 5. The SMILES string of the molecule is O=S(=O)(c1ccccc1C(F)(F)F)N1CCN(Cc2nc(-c3ccc(Cl)cc3)no2)CC1. The van der Waals surface area contributed by atoms with Crippen LogP contribution in [0.15, 0.2) is 57.9 Å². The Balaban J connectivity index is 1.41. The van der Waals surface area contributed by atoms with Crippen LogP contribution in [0.1, 0.15) is 11.5 Å². The van der Waals surface area contributed by atoms with Gasteiger partial charge in [0.2, 0.25) is 21.7 Å². The molecule has 1 fully saturated rings. The number of halogens is 4. The Labute approximate surface area is 187 Å². The lowest BCUT2D eigenvalue weighted by molar-refractivity contribution is -0.139. The van der Waals surface area contributed by atoms with E-state index in [1.54, 1.807) is 24.3 Å². The van der Waals surface area contributed by atoms with Crippen LogP contribution in [-0.4, -0.2) is 53.9 Å². The van der Waals surface area contributed by atoms with Crippen LogP contribution in [0.2, 0.25) is 5.02 Å². The highest BCUT2D eigenvalue weighted by Gasteiger charge is 2.39. The molecule has 12 heteroatoms. The van der Waals surface area contributed by atoms with Gasteiger partial charge in [0.25, 0.3) is 0 Å². The lowest BCUT2D eigenvalue weighted by Crippen LogP contribution is -2.48. The Morgan fingerprint density at radius 3 is 2.31 bits per heavy atom. The van der Waals surface area contributed by atoms with Crippen LogP contribution in [0.5, 0.6) is 0 Å². The average Bonchev–Trinajstić information content (AvgIpc) is 3.22. The molecule has 3 aromatic rings. The first-order chi connectivity index (χ1) is 15.1. The number of aromatic nitrogens is 2. The highest BCUT2D eigenvalue weighted by Crippen LogP contribution is 2.35. The Kier molecular flexibility index (Phi) is 6.26. The summed E-state index contributed by atoms with van der Waals surface area (Å²) >= 11 is 5.87. The van der Waals surface area contributed by atoms with E-state index in [1.165, 1.54) is 12.1 Å². The maximum Gasteiger partial charge on any atom is 0.417 e. The normalized spacial score (nSPS) is 16.4. The molecule has 2 aromatic carbocycles. The first kappa shape index (κ1) is 22.7. The minimum absolute atomic E-state index is 0.0483. The molecule has 1 aliphatic heterocycles. The van der Waals surface area contributed by atoms with Crippen molar-refractivity contribution in [2.45, 2.75) is 17.6 Å². The number of nitrogens with zero attached hydrogens (tertiary/aromatic N) is 4. The molecule has 0 saturated carbocycles. The van der Waals surface area contributed by atoms with Gasteiger partial charge in [-0.05, 0) is 36.4 Å². The molecule has 1 aliphatic rings. The minimum atomic E-state index is -4.76. The molecule has 0 N–H and O–H groups in total. The predicted octanol–water partition coefficient (Wildman–Crippen LogP) is 3.92. The van der Waals surface area contributed by atoms with E-state index < -0.39 is 26.7 Å². The van der Waals surface area contributed by atoms with Crippen molar-refractivity contribution < 1.29 is 26.1 Å². The third-order valence-corrected chi connectivity index (χ3v) is 7.28. The largest absolute Gasteiger partial charge is 0.417 e. The van der Waals surface area contributed by atoms with E-state index in [9.17, 15) is 21.6 Å². The maximum absolute atomic E-state index is 13.3. The summed E-state index contributed by atoms with van der Waals surface area (Å²) in [5.74, 6) is 0.760. The summed E-state index contributed by atoms with van der Waals surface area (Å²) in [6.45, 7) is 1.02. The van der Waals surface area contributed by atoms with Crippen molar-refractivity contribution in [2.75, 3.05) is 26.2 Å². The smallest absolute Gasteiger partial charge is 0.338 e. The second-order valence-corrected chi connectivity index (χ2v) is 9.54. The summed E-state index contributed by atoms with van der Waals surface area (Å²) in [7, 11) is -4.28. The number of hydrogen-bond donors (Lipinski definition) is 0. The Morgan fingerprint density at radius 2 is 1.66 bits per heavy atom.